The molecule has 0 fully saturated rings. The third-order valence-corrected chi connectivity index (χ3v) is 3.13. The van der Waals surface area contributed by atoms with Crippen LogP contribution in [0, 0.1) is 0 Å². The fourth-order valence-corrected chi connectivity index (χ4v) is 2.83. The number of ether oxygens (including phenoxy) is 1. The molecule has 1 aromatic heterocycles. The predicted octanol–water partition coefficient (Wildman–Crippen LogP) is 3.26. The topological polar surface area (TPSA) is 55.0 Å². The maximum Gasteiger partial charge on any atom is 0.359 e. The molecule has 6 heteroatoms. The molecule has 16 heavy (non-hydrogen) atoms. The standard InChI is InChI=1S/C10H8Br2N2O2/c1-2-16-10(15)9-8-6(12)3-5(11)4-7(8)13-14-9/h3-4H,2H2,1H3,(H,13,14). The number of hydrogen-bond acceptors (Lipinski definition) is 3. The Morgan fingerprint density at radius 3 is 2.94 bits per heavy atom. The maximum absolute atomic E-state index is 11.6. The number of esters is 1. The Morgan fingerprint density at radius 2 is 2.25 bits per heavy atom. The Balaban J connectivity index is 2.60. The molecule has 0 amide bonds. The summed E-state index contributed by atoms with van der Waals surface area (Å²) in [4.78, 5) is 11.6. The number of nitrogens with zero attached hydrogens (tertiary/aromatic N) is 1. The van der Waals surface area contributed by atoms with E-state index < -0.39 is 5.97 Å². The molecule has 0 radical (unpaired) electrons. The Morgan fingerprint density at radius 1 is 1.50 bits per heavy atom. The van der Waals surface area contributed by atoms with E-state index in [1.165, 1.54) is 0 Å². The molecule has 0 aliphatic carbocycles. The van der Waals surface area contributed by atoms with Gasteiger partial charge in [0.05, 0.1) is 12.1 Å². The summed E-state index contributed by atoms with van der Waals surface area (Å²) < 4.78 is 6.63. The fourth-order valence-electron chi connectivity index (χ4n) is 1.42. The van der Waals surface area contributed by atoms with E-state index in [0.717, 1.165) is 19.8 Å². The summed E-state index contributed by atoms with van der Waals surface area (Å²) in [5.41, 5.74) is 1.08. The fraction of sp³-hybridized carbons (Fsp3) is 0.200. The van der Waals surface area contributed by atoms with Gasteiger partial charge in [0.2, 0.25) is 0 Å². The van der Waals surface area contributed by atoms with Crippen molar-refractivity contribution in [2.24, 2.45) is 0 Å². The van der Waals surface area contributed by atoms with E-state index in [0.29, 0.717) is 12.3 Å². The number of H-pyrrole nitrogens is 1. The molecule has 0 saturated carbocycles. The summed E-state index contributed by atoms with van der Waals surface area (Å²) in [6.07, 6.45) is 0. The Kier molecular flexibility index (Phi) is 3.30. The number of benzene rings is 1. The lowest BCUT2D eigenvalue weighted by Crippen LogP contribution is -2.05. The molecule has 1 aromatic carbocycles. The zero-order valence-electron chi connectivity index (χ0n) is 8.38. The van der Waals surface area contributed by atoms with Gasteiger partial charge in [-0.25, -0.2) is 4.79 Å². The first kappa shape index (κ1) is 11.6. The number of aromatic nitrogens is 2. The average molecular weight is 348 g/mol. The summed E-state index contributed by atoms with van der Waals surface area (Å²) in [5, 5.41) is 7.50. The Labute approximate surface area is 109 Å². The van der Waals surface area contributed by atoms with E-state index >= 15 is 0 Å². The molecule has 2 rings (SSSR count). The van der Waals surface area contributed by atoms with Crippen LogP contribution in [0.2, 0.25) is 0 Å². The van der Waals surface area contributed by atoms with E-state index in [1.807, 2.05) is 12.1 Å². The molecule has 4 nitrogen and oxygen atoms in total. The normalized spacial score (nSPS) is 10.7. The largest absolute Gasteiger partial charge is 0.461 e. The molecule has 0 aliphatic rings. The summed E-state index contributed by atoms with van der Waals surface area (Å²) in [6.45, 7) is 2.10. The predicted molar refractivity (Wildman–Crippen MR) is 67.5 cm³/mol. The van der Waals surface area contributed by atoms with Crippen LogP contribution in [-0.4, -0.2) is 22.8 Å². The highest BCUT2D eigenvalue weighted by Crippen LogP contribution is 2.29. The number of halogens is 2. The molecule has 0 aliphatic heterocycles. The zero-order chi connectivity index (χ0) is 11.7. The lowest BCUT2D eigenvalue weighted by molar-refractivity contribution is 0.0521. The van der Waals surface area contributed by atoms with Crippen LogP contribution in [0.4, 0.5) is 0 Å². The summed E-state index contributed by atoms with van der Waals surface area (Å²) in [5.74, 6) is -0.420. The SMILES string of the molecule is CCOC(=O)c1n[nH]c2cc(Br)cc(Br)c12. The minimum absolute atomic E-state index is 0.302. The molecular weight excluding hydrogens is 340 g/mol. The highest BCUT2D eigenvalue weighted by molar-refractivity contribution is 9.11. The molecule has 0 spiro atoms. The van der Waals surface area contributed by atoms with Crippen LogP contribution >= 0.6 is 31.9 Å². The van der Waals surface area contributed by atoms with Gasteiger partial charge in [0.1, 0.15) is 0 Å². The average Bonchev–Trinajstić information content (AvgIpc) is 2.61. The molecule has 1 N–H and O–H groups in total. The van der Waals surface area contributed by atoms with Gasteiger partial charge in [-0.3, -0.25) is 5.10 Å². The van der Waals surface area contributed by atoms with Crippen LogP contribution in [-0.2, 0) is 4.74 Å². The molecular formula is C10H8Br2N2O2. The van der Waals surface area contributed by atoms with Crippen molar-refractivity contribution in [1.29, 1.82) is 0 Å². The van der Waals surface area contributed by atoms with Gasteiger partial charge >= 0.3 is 5.97 Å². The third-order valence-electron chi connectivity index (χ3n) is 2.05. The van der Waals surface area contributed by atoms with Gasteiger partial charge in [0.15, 0.2) is 5.69 Å². The van der Waals surface area contributed by atoms with Crippen LogP contribution in [0.1, 0.15) is 17.4 Å². The first-order chi connectivity index (χ1) is 7.63. The summed E-state index contributed by atoms with van der Waals surface area (Å²) in [6, 6.07) is 3.72. The van der Waals surface area contributed by atoms with E-state index in [2.05, 4.69) is 42.1 Å². The van der Waals surface area contributed by atoms with Gasteiger partial charge in [-0.05, 0) is 35.0 Å². The second-order valence-electron chi connectivity index (χ2n) is 3.10. The number of carbonyl (C=O) groups is 1. The van der Waals surface area contributed by atoms with Crippen molar-refractivity contribution in [3.05, 3.63) is 26.8 Å². The highest BCUT2D eigenvalue weighted by Gasteiger charge is 2.17. The van der Waals surface area contributed by atoms with Crippen molar-refractivity contribution in [3.8, 4) is 0 Å². The number of fused-ring (bicyclic) bond motifs is 1. The zero-order valence-corrected chi connectivity index (χ0v) is 11.6. The number of nitrogens with one attached hydrogen (secondary N) is 1. The van der Waals surface area contributed by atoms with E-state index in [-0.39, 0.29) is 0 Å². The lowest BCUT2D eigenvalue weighted by atomic mass is 10.2. The van der Waals surface area contributed by atoms with Crippen molar-refractivity contribution in [2.75, 3.05) is 6.61 Å². The highest BCUT2D eigenvalue weighted by atomic mass is 79.9. The number of aromatic amines is 1. The number of rotatable bonds is 2. The second-order valence-corrected chi connectivity index (χ2v) is 4.87. The van der Waals surface area contributed by atoms with Gasteiger partial charge < -0.3 is 4.74 Å². The van der Waals surface area contributed by atoms with Crippen molar-refractivity contribution < 1.29 is 9.53 Å². The first-order valence-corrected chi connectivity index (χ1v) is 6.22. The van der Waals surface area contributed by atoms with E-state index in [4.69, 9.17) is 4.74 Å². The monoisotopic (exact) mass is 346 g/mol. The minimum Gasteiger partial charge on any atom is -0.461 e. The van der Waals surface area contributed by atoms with Crippen molar-refractivity contribution in [3.63, 3.8) is 0 Å². The molecule has 2 aromatic rings. The molecule has 0 unspecified atom stereocenters. The maximum atomic E-state index is 11.6. The van der Waals surface area contributed by atoms with Crippen LogP contribution in [0.3, 0.4) is 0 Å². The van der Waals surface area contributed by atoms with Crippen molar-refractivity contribution in [2.45, 2.75) is 6.92 Å². The van der Waals surface area contributed by atoms with Gasteiger partial charge in [0.25, 0.3) is 0 Å². The molecule has 0 atom stereocenters. The third kappa shape index (κ3) is 1.99. The van der Waals surface area contributed by atoms with Crippen molar-refractivity contribution >= 4 is 48.7 Å². The summed E-state index contributed by atoms with van der Waals surface area (Å²) >= 11 is 6.77. The molecule has 1 heterocycles. The van der Waals surface area contributed by atoms with Crippen LogP contribution in [0.15, 0.2) is 21.1 Å². The number of hydrogen-bond donors (Lipinski definition) is 1. The second kappa shape index (κ2) is 4.55. The molecule has 0 saturated heterocycles. The van der Waals surface area contributed by atoms with Gasteiger partial charge in [-0.1, -0.05) is 15.9 Å². The Bertz CT molecular complexity index is 551. The quantitative estimate of drug-likeness (QED) is 0.848. The van der Waals surface area contributed by atoms with Gasteiger partial charge in [0, 0.05) is 14.3 Å². The van der Waals surface area contributed by atoms with Crippen LogP contribution < -0.4 is 0 Å². The van der Waals surface area contributed by atoms with Crippen LogP contribution in [0.5, 0.6) is 0 Å². The minimum atomic E-state index is -0.420. The van der Waals surface area contributed by atoms with Gasteiger partial charge in [-0.15, -0.1) is 0 Å². The lowest BCUT2D eigenvalue weighted by Gasteiger charge is -2.00. The van der Waals surface area contributed by atoms with Gasteiger partial charge in [-0.2, -0.15) is 5.10 Å². The van der Waals surface area contributed by atoms with Crippen LogP contribution in [0.25, 0.3) is 10.9 Å². The van der Waals surface area contributed by atoms with E-state index in [9.17, 15) is 4.79 Å². The van der Waals surface area contributed by atoms with E-state index in [1.54, 1.807) is 6.92 Å². The summed E-state index contributed by atoms with van der Waals surface area (Å²) in [7, 11) is 0. The number of carbonyl (C=O) groups excluding carboxylic acids is 1. The first-order valence-electron chi connectivity index (χ1n) is 4.63. The molecule has 0 bridgehead atoms. The molecule has 84 valence electrons. The van der Waals surface area contributed by atoms with Crippen molar-refractivity contribution in [1.82, 2.24) is 10.2 Å². The Hall–Kier alpha value is -0.880. The smallest absolute Gasteiger partial charge is 0.359 e.